The molecule has 2 aromatic rings. The Balaban J connectivity index is 2.31. The minimum Gasteiger partial charge on any atom is -0.389 e. The Morgan fingerprint density at radius 2 is 1.90 bits per heavy atom. The summed E-state index contributed by atoms with van der Waals surface area (Å²) in [6.45, 7) is 1.81. The van der Waals surface area contributed by atoms with E-state index >= 15 is 0 Å². The van der Waals surface area contributed by atoms with Gasteiger partial charge >= 0.3 is 0 Å². The van der Waals surface area contributed by atoms with Crippen LogP contribution in [0.25, 0.3) is 0 Å². The third-order valence-electron chi connectivity index (χ3n) is 2.99. The Labute approximate surface area is 121 Å². The Morgan fingerprint density at radius 3 is 2.55 bits per heavy atom. The second-order valence-corrected chi connectivity index (χ2v) is 4.88. The predicted octanol–water partition coefficient (Wildman–Crippen LogP) is 3.77. The van der Waals surface area contributed by atoms with Gasteiger partial charge in [-0.05, 0) is 31.2 Å². The number of anilines is 1. The molecular weight excluding hydrogens is 278 g/mol. The average Bonchev–Trinajstić information content (AvgIpc) is 2.41. The third kappa shape index (κ3) is 3.11. The maximum Gasteiger partial charge on any atom is 0.128 e. The van der Waals surface area contributed by atoms with Gasteiger partial charge in [0.15, 0.2) is 0 Å². The quantitative estimate of drug-likeness (QED) is 0.842. The number of thiocarbonyl (C=S) groups is 1. The summed E-state index contributed by atoms with van der Waals surface area (Å²) in [6, 6.07) is 10.3. The Bertz CT molecular complexity index is 644. The summed E-state index contributed by atoms with van der Waals surface area (Å²) in [4.78, 5) is 0.0905. The van der Waals surface area contributed by atoms with E-state index in [2.05, 4.69) is 5.32 Å². The molecule has 0 amide bonds. The summed E-state index contributed by atoms with van der Waals surface area (Å²) in [5, 5.41) is 3.10. The molecular formula is C15H14F2N2S. The number of hydrogen-bond donors (Lipinski definition) is 2. The first-order chi connectivity index (χ1) is 9.49. The fourth-order valence-electron chi connectivity index (χ4n) is 1.98. The van der Waals surface area contributed by atoms with Crippen LogP contribution in [0.4, 0.5) is 14.5 Å². The summed E-state index contributed by atoms with van der Waals surface area (Å²) >= 11 is 4.90. The van der Waals surface area contributed by atoms with Gasteiger partial charge in [0, 0.05) is 16.8 Å². The van der Waals surface area contributed by atoms with E-state index in [1.807, 2.05) is 6.92 Å². The van der Waals surface area contributed by atoms with Crippen molar-refractivity contribution in [2.24, 2.45) is 5.73 Å². The lowest BCUT2D eigenvalue weighted by atomic mass is 10.1. The molecule has 0 radical (unpaired) electrons. The van der Waals surface area contributed by atoms with Gasteiger partial charge in [0.2, 0.25) is 0 Å². The Hall–Kier alpha value is -2.01. The number of hydrogen-bond acceptors (Lipinski definition) is 2. The van der Waals surface area contributed by atoms with Gasteiger partial charge < -0.3 is 11.1 Å². The minimum atomic E-state index is -0.420. The van der Waals surface area contributed by atoms with Gasteiger partial charge in [0.05, 0.1) is 6.04 Å². The molecule has 0 heterocycles. The fourth-order valence-corrected chi connectivity index (χ4v) is 2.15. The number of nitrogens with one attached hydrogen (secondary N) is 1. The van der Waals surface area contributed by atoms with Crippen LogP contribution in [-0.4, -0.2) is 4.99 Å². The number of halogens is 2. The maximum absolute atomic E-state index is 13.7. The molecule has 0 bridgehead atoms. The Kier molecular flexibility index (Phi) is 4.29. The molecule has 0 aromatic heterocycles. The molecule has 2 aromatic carbocycles. The summed E-state index contributed by atoms with van der Waals surface area (Å²) in [6.07, 6.45) is 0. The zero-order valence-corrected chi connectivity index (χ0v) is 11.7. The monoisotopic (exact) mass is 292 g/mol. The highest BCUT2D eigenvalue weighted by Crippen LogP contribution is 2.24. The molecule has 0 aliphatic heterocycles. The van der Waals surface area contributed by atoms with Crippen LogP contribution < -0.4 is 11.1 Å². The number of nitrogens with two attached hydrogens (primary N) is 1. The van der Waals surface area contributed by atoms with E-state index in [0.717, 1.165) is 0 Å². The van der Waals surface area contributed by atoms with Crippen LogP contribution in [-0.2, 0) is 0 Å². The van der Waals surface area contributed by atoms with E-state index in [4.69, 9.17) is 18.0 Å². The van der Waals surface area contributed by atoms with Crippen molar-refractivity contribution in [3.8, 4) is 0 Å². The van der Waals surface area contributed by atoms with Crippen molar-refractivity contribution in [2.75, 3.05) is 5.32 Å². The molecule has 104 valence electrons. The molecule has 3 N–H and O–H groups in total. The van der Waals surface area contributed by atoms with E-state index in [1.165, 1.54) is 18.2 Å². The van der Waals surface area contributed by atoms with Crippen LogP contribution in [0.3, 0.4) is 0 Å². The molecule has 0 saturated heterocycles. The van der Waals surface area contributed by atoms with Crippen molar-refractivity contribution in [1.82, 2.24) is 0 Å². The summed E-state index contributed by atoms with van der Waals surface area (Å²) in [7, 11) is 0. The van der Waals surface area contributed by atoms with Crippen molar-refractivity contribution in [3.63, 3.8) is 0 Å². The second-order valence-electron chi connectivity index (χ2n) is 4.44. The standard InChI is InChI=1S/C15H14F2N2S/c1-9(11-4-2-3-5-13(11)17)19-14-7-6-10(16)8-12(14)15(18)20/h2-9,19H,1H3,(H2,18,20). The zero-order valence-electron chi connectivity index (χ0n) is 10.9. The molecule has 1 unspecified atom stereocenters. The highest BCUT2D eigenvalue weighted by molar-refractivity contribution is 7.80. The van der Waals surface area contributed by atoms with Gasteiger partial charge in [-0.1, -0.05) is 30.4 Å². The first-order valence-corrected chi connectivity index (χ1v) is 6.50. The lowest BCUT2D eigenvalue weighted by Gasteiger charge is -2.18. The van der Waals surface area contributed by atoms with Crippen LogP contribution in [0.2, 0.25) is 0 Å². The van der Waals surface area contributed by atoms with E-state index < -0.39 is 5.82 Å². The Morgan fingerprint density at radius 1 is 1.20 bits per heavy atom. The van der Waals surface area contributed by atoms with Crippen molar-refractivity contribution in [2.45, 2.75) is 13.0 Å². The van der Waals surface area contributed by atoms with Crippen molar-refractivity contribution >= 4 is 22.9 Å². The topological polar surface area (TPSA) is 38.0 Å². The number of rotatable bonds is 4. The highest BCUT2D eigenvalue weighted by atomic mass is 32.1. The van der Waals surface area contributed by atoms with E-state index in [9.17, 15) is 8.78 Å². The van der Waals surface area contributed by atoms with Gasteiger partial charge in [-0.15, -0.1) is 0 Å². The smallest absolute Gasteiger partial charge is 0.128 e. The molecule has 5 heteroatoms. The molecule has 20 heavy (non-hydrogen) atoms. The van der Waals surface area contributed by atoms with Gasteiger partial charge in [0.1, 0.15) is 16.6 Å². The van der Waals surface area contributed by atoms with Crippen LogP contribution in [0.5, 0.6) is 0 Å². The third-order valence-corrected chi connectivity index (χ3v) is 3.21. The molecule has 2 nitrogen and oxygen atoms in total. The van der Waals surface area contributed by atoms with Gasteiger partial charge in [-0.25, -0.2) is 8.78 Å². The largest absolute Gasteiger partial charge is 0.389 e. The van der Waals surface area contributed by atoms with E-state index in [1.54, 1.807) is 24.3 Å². The van der Waals surface area contributed by atoms with Gasteiger partial charge in [-0.3, -0.25) is 0 Å². The van der Waals surface area contributed by atoms with Gasteiger partial charge in [-0.2, -0.15) is 0 Å². The molecule has 2 rings (SSSR count). The molecule has 0 spiro atoms. The van der Waals surface area contributed by atoms with Crippen molar-refractivity contribution in [3.05, 3.63) is 65.2 Å². The van der Waals surface area contributed by atoms with E-state index in [-0.39, 0.29) is 16.8 Å². The second kappa shape index (κ2) is 5.96. The molecule has 0 aliphatic carbocycles. The van der Waals surface area contributed by atoms with Crippen LogP contribution in [0, 0.1) is 11.6 Å². The lowest BCUT2D eigenvalue weighted by Crippen LogP contribution is -2.16. The number of benzene rings is 2. The molecule has 0 fully saturated rings. The molecule has 0 saturated carbocycles. The average molecular weight is 292 g/mol. The summed E-state index contributed by atoms with van der Waals surface area (Å²) in [5.74, 6) is -0.719. The summed E-state index contributed by atoms with van der Waals surface area (Å²) < 4.78 is 26.9. The van der Waals surface area contributed by atoms with Crippen molar-refractivity contribution < 1.29 is 8.78 Å². The van der Waals surface area contributed by atoms with E-state index in [0.29, 0.717) is 16.8 Å². The SMILES string of the molecule is CC(Nc1ccc(F)cc1C(N)=S)c1ccccc1F. The van der Waals surface area contributed by atoms with Crippen LogP contribution in [0.15, 0.2) is 42.5 Å². The van der Waals surface area contributed by atoms with Gasteiger partial charge in [0.25, 0.3) is 0 Å². The lowest BCUT2D eigenvalue weighted by molar-refractivity contribution is 0.600. The first kappa shape index (κ1) is 14.4. The molecule has 1 atom stereocenters. The molecule has 0 aliphatic rings. The predicted molar refractivity (Wildman–Crippen MR) is 80.7 cm³/mol. The fraction of sp³-hybridized carbons (Fsp3) is 0.133. The van der Waals surface area contributed by atoms with Crippen LogP contribution >= 0.6 is 12.2 Å². The highest BCUT2D eigenvalue weighted by Gasteiger charge is 2.13. The maximum atomic E-state index is 13.7. The zero-order chi connectivity index (χ0) is 14.7. The summed E-state index contributed by atoms with van der Waals surface area (Å²) in [5.41, 5.74) is 7.08. The van der Waals surface area contributed by atoms with Crippen LogP contribution in [0.1, 0.15) is 24.1 Å². The first-order valence-electron chi connectivity index (χ1n) is 6.09. The normalized spacial score (nSPS) is 11.9. The minimum absolute atomic E-state index is 0.0905. The van der Waals surface area contributed by atoms with Crippen molar-refractivity contribution in [1.29, 1.82) is 0 Å².